The highest BCUT2D eigenvalue weighted by atomic mass is 35.5. The zero-order chi connectivity index (χ0) is 24.3. The van der Waals surface area contributed by atoms with Crippen LogP contribution in [0, 0.1) is 5.82 Å². The Labute approximate surface area is 207 Å². The summed E-state index contributed by atoms with van der Waals surface area (Å²) >= 11 is 11.9. The van der Waals surface area contributed by atoms with Gasteiger partial charge in [0.05, 0.1) is 21.2 Å². The first-order chi connectivity index (χ1) is 16.2. The number of hydrogen-bond acceptors (Lipinski definition) is 4. The molecular weight excluding hydrogens is 500 g/mol. The lowest BCUT2D eigenvalue weighted by Crippen LogP contribution is -2.48. The van der Waals surface area contributed by atoms with Crippen molar-refractivity contribution in [2.75, 3.05) is 31.5 Å². The summed E-state index contributed by atoms with van der Waals surface area (Å²) in [5, 5.41) is 2.90. The number of sulfonamides is 1. The van der Waals surface area contributed by atoms with Crippen molar-refractivity contribution < 1.29 is 17.6 Å². The van der Waals surface area contributed by atoms with Gasteiger partial charge in [0.2, 0.25) is 10.0 Å². The summed E-state index contributed by atoms with van der Waals surface area (Å²) in [6.07, 6.45) is 0. The number of piperazine rings is 1. The van der Waals surface area contributed by atoms with Gasteiger partial charge in [-0.25, -0.2) is 12.8 Å². The molecule has 0 atom stereocenters. The van der Waals surface area contributed by atoms with Gasteiger partial charge in [0.1, 0.15) is 5.82 Å². The number of carbonyl (C=O) groups is 1. The van der Waals surface area contributed by atoms with Crippen molar-refractivity contribution in [2.24, 2.45) is 0 Å². The van der Waals surface area contributed by atoms with Gasteiger partial charge in [-0.05, 0) is 42.0 Å². The minimum Gasteiger partial charge on any atom is -0.319 e. The number of amides is 1. The van der Waals surface area contributed by atoms with Crippen LogP contribution in [0.3, 0.4) is 0 Å². The number of rotatable bonds is 6. The van der Waals surface area contributed by atoms with E-state index in [9.17, 15) is 17.6 Å². The highest BCUT2D eigenvalue weighted by molar-refractivity contribution is 7.89. The third-order valence-electron chi connectivity index (χ3n) is 5.58. The number of benzene rings is 3. The fourth-order valence-electron chi connectivity index (χ4n) is 3.74. The highest BCUT2D eigenvalue weighted by Gasteiger charge is 2.29. The number of nitrogens with one attached hydrogen (secondary N) is 1. The minimum atomic E-state index is -3.87. The molecule has 1 N–H and O–H groups in total. The second kappa shape index (κ2) is 10.4. The zero-order valence-corrected chi connectivity index (χ0v) is 20.4. The van der Waals surface area contributed by atoms with Crippen LogP contribution in [0.15, 0.2) is 71.6 Å². The summed E-state index contributed by atoms with van der Waals surface area (Å²) in [5.41, 5.74) is 1.14. The molecule has 1 amide bonds. The average molecular weight is 522 g/mol. The largest absolute Gasteiger partial charge is 0.319 e. The van der Waals surface area contributed by atoms with Crippen LogP contribution in [0.4, 0.5) is 10.1 Å². The Morgan fingerprint density at radius 2 is 1.65 bits per heavy atom. The predicted molar refractivity (Wildman–Crippen MR) is 131 cm³/mol. The van der Waals surface area contributed by atoms with Crippen molar-refractivity contribution in [1.29, 1.82) is 0 Å². The van der Waals surface area contributed by atoms with Crippen molar-refractivity contribution in [3.8, 4) is 0 Å². The smallest absolute Gasteiger partial charge is 0.257 e. The van der Waals surface area contributed by atoms with Crippen molar-refractivity contribution in [1.82, 2.24) is 9.21 Å². The van der Waals surface area contributed by atoms with E-state index in [2.05, 4.69) is 10.2 Å². The molecule has 0 saturated carbocycles. The second-order valence-corrected chi connectivity index (χ2v) is 10.7. The summed E-state index contributed by atoms with van der Waals surface area (Å²) < 4.78 is 42.2. The van der Waals surface area contributed by atoms with Crippen molar-refractivity contribution >= 4 is 44.8 Å². The van der Waals surface area contributed by atoms with Crippen molar-refractivity contribution in [3.63, 3.8) is 0 Å². The average Bonchev–Trinajstić information content (AvgIpc) is 2.81. The lowest BCUT2D eigenvalue weighted by atomic mass is 10.2. The molecule has 4 rings (SSSR count). The van der Waals surface area contributed by atoms with Crippen molar-refractivity contribution in [3.05, 3.63) is 93.7 Å². The van der Waals surface area contributed by atoms with Crippen LogP contribution in [0.1, 0.15) is 15.9 Å². The van der Waals surface area contributed by atoms with E-state index >= 15 is 0 Å². The molecule has 0 spiro atoms. The third kappa shape index (κ3) is 5.59. The van der Waals surface area contributed by atoms with Crippen molar-refractivity contribution in [2.45, 2.75) is 11.4 Å². The van der Waals surface area contributed by atoms with Crippen LogP contribution in [0.2, 0.25) is 10.0 Å². The topological polar surface area (TPSA) is 69.7 Å². The fourth-order valence-corrected chi connectivity index (χ4v) is 5.67. The van der Waals surface area contributed by atoms with Gasteiger partial charge < -0.3 is 5.32 Å². The molecule has 0 aromatic heterocycles. The van der Waals surface area contributed by atoms with Gasteiger partial charge in [0.25, 0.3) is 5.91 Å². The summed E-state index contributed by atoms with van der Waals surface area (Å²) in [6, 6.07) is 17.7. The monoisotopic (exact) mass is 521 g/mol. The highest BCUT2D eigenvalue weighted by Crippen LogP contribution is 2.26. The Kier molecular flexibility index (Phi) is 7.54. The summed E-state index contributed by atoms with van der Waals surface area (Å²) in [5.74, 6) is -1.49. The maximum Gasteiger partial charge on any atom is 0.257 e. The molecule has 0 bridgehead atoms. The molecule has 6 nitrogen and oxygen atoms in total. The quantitative estimate of drug-likeness (QED) is 0.501. The van der Waals surface area contributed by atoms with Crippen LogP contribution in [0.5, 0.6) is 0 Å². The molecule has 1 heterocycles. The number of carbonyl (C=O) groups excluding carboxylic acids is 1. The third-order valence-corrected chi connectivity index (χ3v) is 8.02. The van der Waals surface area contributed by atoms with E-state index < -0.39 is 21.7 Å². The first-order valence-electron chi connectivity index (χ1n) is 10.6. The van der Waals surface area contributed by atoms with Gasteiger partial charge in [-0.1, -0.05) is 53.5 Å². The first-order valence-corrected chi connectivity index (χ1v) is 12.8. The molecule has 1 aliphatic rings. The number of hydrogen-bond donors (Lipinski definition) is 1. The Morgan fingerprint density at radius 1 is 0.941 bits per heavy atom. The molecule has 1 fully saturated rings. The first kappa shape index (κ1) is 24.6. The normalized spacial score (nSPS) is 15.3. The molecule has 3 aromatic carbocycles. The van der Waals surface area contributed by atoms with Crippen LogP contribution >= 0.6 is 23.2 Å². The minimum absolute atomic E-state index is 0.121. The maximum atomic E-state index is 14.7. The van der Waals surface area contributed by atoms with E-state index in [0.717, 1.165) is 12.6 Å². The second-order valence-electron chi connectivity index (χ2n) is 7.89. The molecule has 1 aliphatic heterocycles. The molecule has 10 heteroatoms. The number of nitrogens with zero attached hydrogens (tertiary/aromatic N) is 2. The van der Waals surface area contributed by atoms with Gasteiger partial charge in [0, 0.05) is 37.7 Å². The van der Waals surface area contributed by atoms with Crippen LogP contribution in [-0.2, 0) is 16.6 Å². The van der Waals surface area contributed by atoms with Crippen LogP contribution in [-0.4, -0.2) is 49.7 Å². The Bertz CT molecular complexity index is 1300. The Morgan fingerprint density at radius 3 is 2.29 bits per heavy atom. The summed E-state index contributed by atoms with van der Waals surface area (Å²) in [4.78, 5) is 14.5. The molecule has 0 unspecified atom stereocenters. The molecular formula is C24H22Cl2FN3O3S. The Balaban J connectivity index is 1.42. The van der Waals surface area contributed by atoms with E-state index in [1.807, 2.05) is 30.3 Å². The fraction of sp³-hybridized carbons (Fsp3) is 0.208. The van der Waals surface area contributed by atoms with E-state index in [0.29, 0.717) is 31.2 Å². The molecule has 1 saturated heterocycles. The van der Waals surface area contributed by atoms with Gasteiger partial charge in [0.15, 0.2) is 0 Å². The maximum absolute atomic E-state index is 14.7. The summed E-state index contributed by atoms with van der Waals surface area (Å²) in [7, 11) is -3.87. The number of halogens is 3. The van der Waals surface area contributed by atoms with Gasteiger partial charge in [-0.3, -0.25) is 9.69 Å². The van der Waals surface area contributed by atoms with Crippen LogP contribution < -0.4 is 5.32 Å². The van der Waals surface area contributed by atoms with E-state index in [-0.39, 0.29) is 21.2 Å². The molecule has 34 heavy (non-hydrogen) atoms. The Hall–Kier alpha value is -2.49. The lowest BCUT2D eigenvalue weighted by molar-refractivity contribution is 0.102. The van der Waals surface area contributed by atoms with E-state index in [1.165, 1.54) is 40.2 Å². The standard InChI is InChI=1S/C24H22Cl2FN3O3S/c25-18-6-8-20(21(26)14-18)24(31)28-23-9-7-19(15-22(23)27)34(32,33)30-12-10-29(11-13-30)16-17-4-2-1-3-5-17/h1-9,14-15H,10-13,16H2,(H,28,31). The predicted octanol–water partition coefficient (Wildman–Crippen LogP) is 4.89. The van der Waals surface area contributed by atoms with E-state index in [4.69, 9.17) is 23.2 Å². The molecule has 178 valence electrons. The molecule has 0 aliphatic carbocycles. The lowest BCUT2D eigenvalue weighted by Gasteiger charge is -2.34. The van der Waals surface area contributed by atoms with Gasteiger partial charge >= 0.3 is 0 Å². The summed E-state index contributed by atoms with van der Waals surface area (Å²) in [6.45, 7) is 2.52. The number of anilines is 1. The molecule has 3 aromatic rings. The van der Waals surface area contributed by atoms with Gasteiger partial charge in [-0.15, -0.1) is 0 Å². The molecule has 0 radical (unpaired) electrons. The van der Waals surface area contributed by atoms with E-state index in [1.54, 1.807) is 0 Å². The van der Waals surface area contributed by atoms with Gasteiger partial charge in [-0.2, -0.15) is 4.31 Å². The zero-order valence-electron chi connectivity index (χ0n) is 18.0. The van der Waals surface area contributed by atoms with Crippen LogP contribution in [0.25, 0.3) is 0 Å². The SMILES string of the molecule is O=C(Nc1ccc(S(=O)(=O)N2CCN(Cc3ccccc3)CC2)cc1F)c1ccc(Cl)cc1Cl.